The second-order valence-electron chi connectivity index (χ2n) is 8.20. The van der Waals surface area contributed by atoms with Crippen molar-refractivity contribution in [3.8, 4) is 6.07 Å². The molecule has 0 unspecified atom stereocenters. The molecule has 1 saturated heterocycles. The first-order chi connectivity index (χ1) is 12.2. The molecule has 3 rings (SSSR count). The Balaban J connectivity index is 1.66. The standard InChI is InChI=1S/C18H26FN5O2/c1-11-22-16(26-23-11)18(4)6-5-14(17(18,2)3)21-9-15(25)24-10-12(19)7-13(24)8-20/h12-14,21H,5-7,9-10H2,1-4H3/t12-,13-,14+,18+/m0/s1. The van der Waals surface area contributed by atoms with Crippen molar-refractivity contribution in [2.45, 2.75) is 70.6 Å². The smallest absolute Gasteiger partial charge is 0.237 e. The lowest BCUT2D eigenvalue weighted by Crippen LogP contribution is -2.50. The van der Waals surface area contributed by atoms with E-state index in [1.165, 1.54) is 4.90 Å². The van der Waals surface area contributed by atoms with Gasteiger partial charge in [-0.1, -0.05) is 25.9 Å². The summed E-state index contributed by atoms with van der Waals surface area (Å²) in [6.45, 7) is 8.28. The molecular weight excluding hydrogens is 337 g/mol. The van der Waals surface area contributed by atoms with Crippen molar-refractivity contribution in [3.63, 3.8) is 0 Å². The third-order valence-corrected chi connectivity index (χ3v) is 6.44. The maximum Gasteiger partial charge on any atom is 0.237 e. The Bertz CT molecular complexity index is 727. The van der Waals surface area contributed by atoms with E-state index in [1.807, 2.05) is 6.07 Å². The average molecular weight is 363 g/mol. The number of halogens is 1. The maximum absolute atomic E-state index is 13.5. The molecule has 1 aromatic rings. The highest BCUT2D eigenvalue weighted by Crippen LogP contribution is 2.53. The lowest BCUT2D eigenvalue weighted by Gasteiger charge is -2.39. The summed E-state index contributed by atoms with van der Waals surface area (Å²) in [7, 11) is 0. The number of nitrogens with one attached hydrogen (secondary N) is 1. The van der Waals surface area contributed by atoms with E-state index in [0.29, 0.717) is 11.7 Å². The van der Waals surface area contributed by atoms with Gasteiger partial charge >= 0.3 is 0 Å². The number of hydrogen-bond donors (Lipinski definition) is 1. The highest BCUT2D eigenvalue weighted by atomic mass is 19.1. The first-order valence-electron chi connectivity index (χ1n) is 9.06. The van der Waals surface area contributed by atoms with Crippen molar-refractivity contribution in [1.29, 1.82) is 5.26 Å². The zero-order chi connectivity index (χ0) is 19.1. The van der Waals surface area contributed by atoms with Gasteiger partial charge in [-0.15, -0.1) is 0 Å². The monoisotopic (exact) mass is 363 g/mol. The number of amides is 1. The highest BCUT2D eigenvalue weighted by Gasteiger charge is 2.55. The summed E-state index contributed by atoms with van der Waals surface area (Å²) in [5, 5.41) is 16.4. The van der Waals surface area contributed by atoms with Gasteiger partial charge in [-0.3, -0.25) is 4.79 Å². The fraction of sp³-hybridized carbons (Fsp3) is 0.778. The fourth-order valence-electron chi connectivity index (χ4n) is 4.26. The number of alkyl halides is 1. The number of carbonyl (C=O) groups is 1. The molecule has 7 nitrogen and oxygen atoms in total. The van der Waals surface area contributed by atoms with E-state index in [0.717, 1.165) is 12.8 Å². The Kier molecular flexibility index (Phi) is 4.78. The molecule has 0 spiro atoms. The fourth-order valence-corrected chi connectivity index (χ4v) is 4.26. The van der Waals surface area contributed by atoms with Crippen LogP contribution in [0.3, 0.4) is 0 Å². The largest absolute Gasteiger partial charge is 0.339 e. The van der Waals surface area contributed by atoms with E-state index in [4.69, 9.17) is 9.78 Å². The molecule has 0 aromatic carbocycles. The van der Waals surface area contributed by atoms with Crippen LogP contribution in [0.2, 0.25) is 0 Å². The van der Waals surface area contributed by atoms with Gasteiger partial charge in [0.1, 0.15) is 12.2 Å². The topological polar surface area (TPSA) is 95.0 Å². The lowest BCUT2D eigenvalue weighted by atomic mass is 9.67. The minimum absolute atomic E-state index is 0.00573. The molecule has 1 aliphatic carbocycles. The van der Waals surface area contributed by atoms with E-state index in [-0.39, 0.29) is 42.3 Å². The van der Waals surface area contributed by atoms with E-state index in [1.54, 1.807) is 6.92 Å². The predicted molar refractivity (Wildman–Crippen MR) is 91.8 cm³/mol. The Labute approximate surface area is 152 Å². The summed E-state index contributed by atoms with van der Waals surface area (Å²) in [4.78, 5) is 18.2. The molecule has 1 saturated carbocycles. The maximum atomic E-state index is 13.5. The molecule has 4 atom stereocenters. The number of aromatic nitrogens is 2. The Hall–Kier alpha value is -2.01. The molecule has 142 valence electrons. The molecule has 2 fully saturated rings. The number of hydrogen-bond acceptors (Lipinski definition) is 6. The molecule has 26 heavy (non-hydrogen) atoms. The highest BCUT2D eigenvalue weighted by molar-refractivity contribution is 5.79. The molecule has 0 radical (unpaired) electrons. The van der Waals surface area contributed by atoms with Gasteiger partial charge in [0.2, 0.25) is 11.8 Å². The molecule has 1 N–H and O–H groups in total. The van der Waals surface area contributed by atoms with E-state index in [9.17, 15) is 9.18 Å². The van der Waals surface area contributed by atoms with Gasteiger partial charge in [0, 0.05) is 12.5 Å². The molecule has 2 heterocycles. The molecule has 1 amide bonds. The van der Waals surface area contributed by atoms with Crippen LogP contribution >= 0.6 is 0 Å². The predicted octanol–water partition coefficient (Wildman–Crippen LogP) is 1.88. The van der Waals surface area contributed by atoms with E-state index in [2.05, 4.69) is 36.2 Å². The second-order valence-corrected chi connectivity index (χ2v) is 8.20. The number of likely N-dealkylation sites (tertiary alicyclic amines) is 1. The zero-order valence-electron chi connectivity index (χ0n) is 15.8. The number of nitrogens with zero attached hydrogens (tertiary/aromatic N) is 4. The summed E-state index contributed by atoms with van der Waals surface area (Å²) >= 11 is 0. The van der Waals surface area contributed by atoms with Gasteiger partial charge in [0.25, 0.3) is 0 Å². The van der Waals surface area contributed by atoms with Crippen LogP contribution in [-0.2, 0) is 10.2 Å². The van der Waals surface area contributed by atoms with Crippen molar-refractivity contribution in [1.82, 2.24) is 20.4 Å². The zero-order valence-corrected chi connectivity index (χ0v) is 15.8. The summed E-state index contributed by atoms with van der Waals surface area (Å²) in [5.74, 6) is 1.01. The first-order valence-corrected chi connectivity index (χ1v) is 9.06. The first kappa shape index (κ1) is 18.8. The van der Waals surface area contributed by atoms with Crippen molar-refractivity contribution >= 4 is 5.91 Å². The van der Waals surface area contributed by atoms with E-state index < -0.39 is 12.2 Å². The van der Waals surface area contributed by atoms with Gasteiger partial charge in [-0.05, 0) is 25.2 Å². The van der Waals surface area contributed by atoms with Crippen LogP contribution in [0.4, 0.5) is 4.39 Å². The quantitative estimate of drug-likeness (QED) is 0.877. The van der Waals surface area contributed by atoms with Crippen LogP contribution in [0.5, 0.6) is 0 Å². The number of rotatable bonds is 4. The molecule has 2 aliphatic rings. The van der Waals surface area contributed by atoms with Crippen LogP contribution in [0.1, 0.15) is 51.7 Å². The van der Waals surface area contributed by atoms with Crippen molar-refractivity contribution in [3.05, 3.63) is 11.7 Å². The number of aryl methyl sites for hydroxylation is 1. The van der Waals surface area contributed by atoms with Crippen molar-refractivity contribution in [2.75, 3.05) is 13.1 Å². The van der Waals surface area contributed by atoms with Crippen LogP contribution in [0, 0.1) is 23.7 Å². The van der Waals surface area contributed by atoms with Crippen LogP contribution in [-0.4, -0.2) is 52.3 Å². The number of nitriles is 1. The van der Waals surface area contributed by atoms with E-state index >= 15 is 0 Å². The third kappa shape index (κ3) is 2.98. The molecule has 1 aromatic heterocycles. The number of carbonyl (C=O) groups excluding carboxylic acids is 1. The Morgan fingerprint density at radius 1 is 1.50 bits per heavy atom. The minimum Gasteiger partial charge on any atom is -0.339 e. The summed E-state index contributed by atoms with van der Waals surface area (Å²) in [6.07, 6.45) is 0.720. The molecule has 1 aliphatic heterocycles. The Morgan fingerprint density at radius 2 is 2.23 bits per heavy atom. The lowest BCUT2D eigenvalue weighted by molar-refractivity contribution is -0.130. The van der Waals surface area contributed by atoms with Gasteiger partial charge in [0.05, 0.1) is 24.6 Å². The molecular formula is C18H26FN5O2. The third-order valence-electron chi connectivity index (χ3n) is 6.44. The summed E-state index contributed by atoms with van der Waals surface area (Å²) in [5.41, 5.74) is -0.504. The summed E-state index contributed by atoms with van der Waals surface area (Å²) < 4.78 is 19.0. The second kappa shape index (κ2) is 6.62. The van der Waals surface area contributed by atoms with Crippen LogP contribution in [0.25, 0.3) is 0 Å². The van der Waals surface area contributed by atoms with Gasteiger partial charge in [-0.2, -0.15) is 10.2 Å². The van der Waals surface area contributed by atoms with Crippen LogP contribution < -0.4 is 5.32 Å². The Morgan fingerprint density at radius 3 is 2.85 bits per heavy atom. The summed E-state index contributed by atoms with van der Waals surface area (Å²) in [6, 6.07) is 1.43. The SMILES string of the molecule is Cc1noc([C@@]2(C)CC[C@@H](NCC(=O)N3C[C@@H](F)C[C@H]3C#N)C2(C)C)n1. The van der Waals surface area contributed by atoms with Crippen molar-refractivity contribution < 1.29 is 13.7 Å². The van der Waals surface area contributed by atoms with Gasteiger partial charge in [-0.25, -0.2) is 4.39 Å². The van der Waals surface area contributed by atoms with Crippen LogP contribution in [0.15, 0.2) is 4.52 Å². The normalized spacial score (nSPS) is 33.4. The van der Waals surface area contributed by atoms with Gasteiger partial charge < -0.3 is 14.7 Å². The van der Waals surface area contributed by atoms with Gasteiger partial charge in [0.15, 0.2) is 5.82 Å². The molecule has 8 heteroatoms. The van der Waals surface area contributed by atoms with Crippen molar-refractivity contribution in [2.24, 2.45) is 5.41 Å². The minimum atomic E-state index is -1.12. The average Bonchev–Trinajstić information content (AvgIpc) is 3.24. The molecule has 0 bridgehead atoms.